The number of rotatable bonds is 5. The molecular formula is C15H16N2O3S. The molecule has 0 fully saturated rings. The summed E-state index contributed by atoms with van der Waals surface area (Å²) in [6.45, 7) is 0.485. The molecule has 0 radical (unpaired) electrons. The van der Waals surface area contributed by atoms with Gasteiger partial charge in [0.05, 0.1) is 4.90 Å². The van der Waals surface area contributed by atoms with E-state index < -0.39 is 9.84 Å². The number of nitrogens with zero attached hydrogens (tertiary/aromatic N) is 1. The van der Waals surface area contributed by atoms with E-state index in [0.29, 0.717) is 23.4 Å². The summed E-state index contributed by atoms with van der Waals surface area (Å²) in [5.74, 6) is -0.148. The third kappa shape index (κ3) is 4.39. The molecule has 0 spiro atoms. The van der Waals surface area contributed by atoms with Crippen LogP contribution in [-0.4, -0.2) is 32.1 Å². The van der Waals surface area contributed by atoms with Crippen molar-refractivity contribution in [2.45, 2.75) is 11.3 Å². The maximum atomic E-state index is 11.8. The topological polar surface area (TPSA) is 76.1 Å². The van der Waals surface area contributed by atoms with Crippen LogP contribution >= 0.6 is 0 Å². The van der Waals surface area contributed by atoms with Gasteiger partial charge in [-0.05, 0) is 36.2 Å². The normalized spacial score (nSPS) is 11.1. The van der Waals surface area contributed by atoms with E-state index >= 15 is 0 Å². The fourth-order valence-electron chi connectivity index (χ4n) is 1.83. The summed E-state index contributed by atoms with van der Waals surface area (Å²) in [6, 6.07) is 9.97. The highest BCUT2D eigenvalue weighted by atomic mass is 32.2. The van der Waals surface area contributed by atoms with Crippen LogP contribution in [0, 0.1) is 0 Å². The maximum absolute atomic E-state index is 11.8. The number of hydrogen-bond acceptors (Lipinski definition) is 4. The number of benzene rings is 1. The smallest absolute Gasteiger partial charge is 0.251 e. The first kappa shape index (κ1) is 15.2. The number of amides is 1. The van der Waals surface area contributed by atoms with Crippen LogP contribution in [0.3, 0.4) is 0 Å². The molecule has 0 bridgehead atoms. The van der Waals surface area contributed by atoms with Crippen molar-refractivity contribution in [2.24, 2.45) is 0 Å². The molecule has 0 atom stereocenters. The minimum Gasteiger partial charge on any atom is -0.352 e. The lowest BCUT2D eigenvalue weighted by Crippen LogP contribution is -2.25. The van der Waals surface area contributed by atoms with E-state index in [1.165, 1.54) is 6.26 Å². The highest BCUT2D eigenvalue weighted by molar-refractivity contribution is 7.90. The average molecular weight is 304 g/mol. The first-order valence-corrected chi connectivity index (χ1v) is 8.33. The fraction of sp³-hybridized carbons (Fsp3) is 0.200. The Bertz CT molecular complexity index is 710. The Balaban J connectivity index is 1.88. The van der Waals surface area contributed by atoms with Crippen LogP contribution < -0.4 is 5.32 Å². The molecule has 5 nitrogen and oxygen atoms in total. The highest BCUT2D eigenvalue weighted by Gasteiger charge is 2.07. The molecule has 2 rings (SSSR count). The monoisotopic (exact) mass is 304 g/mol. The number of nitrogens with one attached hydrogen (secondary N) is 1. The number of sulfone groups is 1. The minimum atomic E-state index is -3.17. The molecule has 6 heteroatoms. The molecule has 0 unspecified atom stereocenters. The molecule has 1 aromatic carbocycles. The van der Waals surface area contributed by atoms with E-state index in [2.05, 4.69) is 10.3 Å². The molecule has 0 aliphatic rings. The number of carbonyl (C=O) groups excluding carboxylic acids is 1. The lowest BCUT2D eigenvalue weighted by atomic mass is 10.1. The van der Waals surface area contributed by atoms with E-state index in [1.54, 1.807) is 48.8 Å². The Kier molecular flexibility index (Phi) is 4.70. The lowest BCUT2D eigenvalue weighted by Gasteiger charge is -2.06. The Morgan fingerprint density at radius 2 is 1.71 bits per heavy atom. The molecule has 21 heavy (non-hydrogen) atoms. The van der Waals surface area contributed by atoms with Gasteiger partial charge in [-0.1, -0.05) is 12.1 Å². The number of aromatic nitrogens is 1. The second-order valence-electron chi connectivity index (χ2n) is 4.66. The molecule has 0 saturated heterocycles. The maximum Gasteiger partial charge on any atom is 0.251 e. The van der Waals surface area contributed by atoms with Crippen LogP contribution in [0.2, 0.25) is 0 Å². The molecule has 1 aromatic heterocycles. The van der Waals surface area contributed by atoms with Gasteiger partial charge in [0.25, 0.3) is 5.91 Å². The summed E-state index contributed by atoms with van der Waals surface area (Å²) >= 11 is 0. The van der Waals surface area contributed by atoms with Gasteiger partial charge >= 0.3 is 0 Å². The molecule has 1 N–H and O–H groups in total. The standard InChI is InChI=1S/C15H16N2O3S/c1-21(19,20)14-4-2-12(3-5-14)6-11-17-15(18)13-7-9-16-10-8-13/h2-5,7-10H,6,11H2,1H3,(H,17,18). The van der Waals surface area contributed by atoms with Crippen LogP contribution in [0.5, 0.6) is 0 Å². The second-order valence-corrected chi connectivity index (χ2v) is 6.67. The number of carbonyl (C=O) groups is 1. The summed E-state index contributed by atoms with van der Waals surface area (Å²) < 4.78 is 22.7. The summed E-state index contributed by atoms with van der Waals surface area (Å²) in [5, 5.41) is 2.81. The van der Waals surface area contributed by atoms with Crippen molar-refractivity contribution in [1.82, 2.24) is 10.3 Å². The molecular weight excluding hydrogens is 288 g/mol. The van der Waals surface area contributed by atoms with E-state index in [4.69, 9.17) is 0 Å². The van der Waals surface area contributed by atoms with Crippen LogP contribution in [0.4, 0.5) is 0 Å². The quantitative estimate of drug-likeness (QED) is 0.907. The van der Waals surface area contributed by atoms with Crippen molar-refractivity contribution < 1.29 is 13.2 Å². The Morgan fingerprint density at radius 1 is 1.10 bits per heavy atom. The molecule has 1 heterocycles. The summed E-state index contributed by atoms with van der Waals surface area (Å²) in [6.07, 6.45) is 4.95. The molecule has 1 amide bonds. The zero-order chi connectivity index (χ0) is 15.3. The first-order valence-electron chi connectivity index (χ1n) is 6.44. The predicted molar refractivity (Wildman–Crippen MR) is 79.8 cm³/mol. The Hall–Kier alpha value is -2.21. The van der Waals surface area contributed by atoms with Gasteiger partial charge < -0.3 is 5.32 Å². The van der Waals surface area contributed by atoms with Crippen molar-refractivity contribution >= 4 is 15.7 Å². The first-order chi connectivity index (χ1) is 9.97. The van der Waals surface area contributed by atoms with Crippen LogP contribution in [0.25, 0.3) is 0 Å². The second kappa shape index (κ2) is 6.49. The molecule has 0 aliphatic carbocycles. The van der Waals surface area contributed by atoms with Gasteiger partial charge in [0.2, 0.25) is 0 Å². The summed E-state index contributed by atoms with van der Waals surface area (Å²) in [4.78, 5) is 16.0. The molecule has 0 aliphatic heterocycles. The predicted octanol–water partition coefficient (Wildman–Crippen LogP) is 1.46. The van der Waals surface area contributed by atoms with Crippen LogP contribution in [0.15, 0.2) is 53.7 Å². The van der Waals surface area contributed by atoms with Gasteiger partial charge in [0.15, 0.2) is 9.84 Å². The van der Waals surface area contributed by atoms with Crippen molar-refractivity contribution in [1.29, 1.82) is 0 Å². The fourth-order valence-corrected chi connectivity index (χ4v) is 2.46. The van der Waals surface area contributed by atoms with Crippen molar-refractivity contribution in [3.63, 3.8) is 0 Å². The average Bonchev–Trinajstić information content (AvgIpc) is 2.47. The zero-order valence-electron chi connectivity index (χ0n) is 11.6. The highest BCUT2D eigenvalue weighted by Crippen LogP contribution is 2.10. The Labute approximate surface area is 124 Å². The summed E-state index contributed by atoms with van der Waals surface area (Å²) in [5.41, 5.74) is 1.54. The van der Waals surface area contributed by atoms with Gasteiger partial charge in [-0.25, -0.2) is 8.42 Å². The number of pyridine rings is 1. The summed E-state index contributed by atoms with van der Waals surface area (Å²) in [7, 11) is -3.17. The van der Waals surface area contributed by atoms with Crippen LogP contribution in [-0.2, 0) is 16.3 Å². The third-order valence-electron chi connectivity index (χ3n) is 2.99. The van der Waals surface area contributed by atoms with Gasteiger partial charge in [-0.15, -0.1) is 0 Å². The van der Waals surface area contributed by atoms with E-state index in [-0.39, 0.29) is 5.91 Å². The lowest BCUT2D eigenvalue weighted by molar-refractivity contribution is 0.0954. The van der Waals surface area contributed by atoms with Crippen molar-refractivity contribution in [2.75, 3.05) is 12.8 Å². The molecule has 2 aromatic rings. The molecule has 0 saturated carbocycles. The van der Waals surface area contributed by atoms with Crippen molar-refractivity contribution in [3.05, 3.63) is 59.9 Å². The minimum absolute atomic E-state index is 0.148. The third-order valence-corrected chi connectivity index (χ3v) is 4.12. The van der Waals surface area contributed by atoms with Gasteiger partial charge in [-0.2, -0.15) is 0 Å². The van der Waals surface area contributed by atoms with Crippen LogP contribution in [0.1, 0.15) is 15.9 Å². The number of hydrogen-bond donors (Lipinski definition) is 1. The van der Waals surface area contributed by atoms with E-state index in [1.807, 2.05) is 0 Å². The van der Waals surface area contributed by atoms with E-state index in [9.17, 15) is 13.2 Å². The SMILES string of the molecule is CS(=O)(=O)c1ccc(CCNC(=O)c2ccncc2)cc1. The van der Waals surface area contributed by atoms with E-state index in [0.717, 1.165) is 5.56 Å². The van der Waals surface area contributed by atoms with Crippen molar-refractivity contribution in [3.8, 4) is 0 Å². The zero-order valence-corrected chi connectivity index (χ0v) is 12.4. The van der Waals surface area contributed by atoms with Gasteiger partial charge in [0.1, 0.15) is 0 Å². The van der Waals surface area contributed by atoms with Gasteiger partial charge in [-0.3, -0.25) is 9.78 Å². The van der Waals surface area contributed by atoms with Gasteiger partial charge in [0, 0.05) is 30.8 Å². The molecule has 110 valence electrons. The Morgan fingerprint density at radius 3 is 2.29 bits per heavy atom. The largest absolute Gasteiger partial charge is 0.352 e.